The number of nitrogens with zero attached hydrogens (tertiary/aromatic N) is 1. The average molecular weight is 167 g/mol. The first-order valence-corrected chi connectivity index (χ1v) is 3.82. The fraction of sp³-hybridized carbons (Fsp3) is 1.00. The van der Waals surface area contributed by atoms with Crippen LogP contribution in [0.15, 0.2) is 0 Å². The van der Waals surface area contributed by atoms with Crippen molar-refractivity contribution in [2.24, 2.45) is 5.92 Å². The third-order valence-electron chi connectivity index (χ3n) is 1.87. The van der Waals surface area contributed by atoms with E-state index in [1.807, 2.05) is 0 Å². The minimum absolute atomic E-state index is 0.386. The molecule has 0 atom stereocenters. The van der Waals surface area contributed by atoms with Crippen LogP contribution in [-0.2, 0) is 0 Å². The Morgan fingerprint density at radius 1 is 1.30 bits per heavy atom. The molecular weight excluding hydrogens is 156 g/mol. The van der Waals surface area contributed by atoms with Crippen LogP contribution in [0, 0.1) is 5.92 Å². The van der Waals surface area contributed by atoms with Crippen LogP contribution in [0.1, 0.15) is 12.8 Å². The van der Waals surface area contributed by atoms with E-state index in [4.69, 9.17) is 0 Å². The smallest absolute Gasteiger partial charge is 0.241 e. The molecule has 0 aromatic heterocycles. The lowest BCUT2D eigenvalue weighted by Gasteiger charge is -2.27. The first-order chi connectivity index (χ1) is 4.70. The van der Waals surface area contributed by atoms with E-state index in [-0.39, 0.29) is 5.92 Å². The zero-order valence-corrected chi connectivity index (χ0v) is 6.53. The SMILES string of the molecule is FC(F)C1CCN(S)CC1. The molecule has 0 unspecified atom stereocenters. The molecule has 1 saturated heterocycles. The van der Waals surface area contributed by atoms with Crippen LogP contribution < -0.4 is 0 Å². The van der Waals surface area contributed by atoms with Crippen LogP contribution in [0.25, 0.3) is 0 Å². The summed E-state index contributed by atoms with van der Waals surface area (Å²) in [6.45, 7) is 1.39. The van der Waals surface area contributed by atoms with Gasteiger partial charge in [0.15, 0.2) is 0 Å². The summed E-state index contributed by atoms with van der Waals surface area (Å²) in [4.78, 5) is 0. The van der Waals surface area contributed by atoms with E-state index in [9.17, 15) is 8.78 Å². The lowest BCUT2D eigenvalue weighted by molar-refractivity contribution is 0.0508. The van der Waals surface area contributed by atoms with Crippen LogP contribution in [0.3, 0.4) is 0 Å². The molecule has 1 heterocycles. The van der Waals surface area contributed by atoms with Crippen molar-refractivity contribution in [1.82, 2.24) is 4.31 Å². The van der Waals surface area contributed by atoms with Crippen molar-refractivity contribution in [2.45, 2.75) is 19.3 Å². The summed E-state index contributed by atoms with van der Waals surface area (Å²) < 4.78 is 25.8. The minimum atomic E-state index is -2.14. The Balaban J connectivity index is 2.26. The Morgan fingerprint density at radius 3 is 2.20 bits per heavy atom. The van der Waals surface area contributed by atoms with Crippen molar-refractivity contribution < 1.29 is 8.78 Å². The zero-order valence-electron chi connectivity index (χ0n) is 5.63. The zero-order chi connectivity index (χ0) is 7.56. The second-order valence-electron chi connectivity index (χ2n) is 2.63. The van der Waals surface area contributed by atoms with Gasteiger partial charge in [0.25, 0.3) is 0 Å². The highest BCUT2D eigenvalue weighted by atomic mass is 32.1. The number of alkyl halides is 2. The van der Waals surface area contributed by atoms with E-state index < -0.39 is 6.43 Å². The normalized spacial score (nSPS) is 24.0. The molecule has 0 saturated carbocycles. The second-order valence-corrected chi connectivity index (χ2v) is 3.19. The predicted molar refractivity (Wildman–Crippen MR) is 39.3 cm³/mol. The van der Waals surface area contributed by atoms with E-state index in [2.05, 4.69) is 12.8 Å². The van der Waals surface area contributed by atoms with E-state index in [0.717, 1.165) is 0 Å². The number of hydrogen-bond donors (Lipinski definition) is 1. The minimum Gasteiger partial charge on any atom is -0.253 e. The lowest BCUT2D eigenvalue weighted by Crippen LogP contribution is -2.29. The quantitative estimate of drug-likeness (QED) is 0.583. The number of hydrogen-bond acceptors (Lipinski definition) is 2. The molecule has 4 heteroatoms. The summed E-state index contributed by atoms with van der Waals surface area (Å²) in [5.74, 6) is -0.386. The van der Waals surface area contributed by atoms with Crippen molar-refractivity contribution in [2.75, 3.05) is 13.1 Å². The Kier molecular flexibility index (Phi) is 2.92. The molecule has 0 radical (unpaired) electrons. The summed E-state index contributed by atoms with van der Waals surface area (Å²) in [6, 6.07) is 0. The van der Waals surface area contributed by atoms with Crippen LogP contribution in [0.4, 0.5) is 8.78 Å². The van der Waals surface area contributed by atoms with Gasteiger partial charge in [-0.25, -0.2) is 8.78 Å². The third-order valence-corrected chi connectivity index (χ3v) is 2.27. The molecule has 60 valence electrons. The Labute approximate surface area is 64.9 Å². The lowest BCUT2D eigenvalue weighted by atomic mass is 9.99. The maximum atomic E-state index is 12.0. The highest BCUT2D eigenvalue weighted by Crippen LogP contribution is 2.23. The number of halogens is 2. The van der Waals surface area contributed by atoms with E-state index in [1.54, 1.807) is 4.31 Å². The Morgan fingerprint density at radius 2 is 1.80 bits per heavy atom. The van der Waals surface area contributed by atoms with E-state index >= 15 is 0 Å². The molecule has 0 aliphatic carbocycles. The van der Waals surface area contributed by atoms with Gasteiger partial charge in [-0.1, -0.05) is 12.8 Å². The molecule has 0 spiro atoms. The first kappa shape index (κ1) is 8.27. The van der Waals surface area contributed by atoms with Gasteiger partial charge in [0.2, 0.25) is 6.43 Å². The Hall–Kier alpha value is 0.170. The van der Waals surface area contributed by atoms with E-state index in [1.165, 1.54) is 0 Å². The van der Waals surface area contributed by atoms with E-state index in [0.29, 0.717) is 25.9 Å². The van der Waals surface area contributed by atoms with Crippen LogP contribution in [-0.4, -0.2) is 23.8 Å². The van der Waals surface area contributed by atoms with Gasteiger partial charge in [-0.2, -0.15) is 0 Å². The summed E-state index contributed by atoms with van der Waals surface area (Å²) in [5.41, 5.74) is 0. The standard InChI is InChI=1S/C6H11F2NS/c7-6(8)5-1-3-9(10)4-2-5/h5-6,10H,1-4H2. The summed E-state index contributed by atoms with van der Waals surface area (Å²) >= 11 is 4.06. The van der Waals surface area contributed by atoms with Crippen molar-refractivity contribution in [3.63, 3.8) is 0 Å². The summed E-state index contributed by atoms with van der Waals surface area (Å²) in [5, 5.41) is 0. The maximum absolute atomic E-state index is 12.0. The number of piperidine rings is 1. The summed E-state index contributed by atoms with van der Waals surface area (Å²) in [7, 11) is 0. The molecule has 0 N–H and O–H groups in total. The van der Waals surface area contributed by atoms with Crippen molar-refractivity contribution in [1.29, 1.82) is 0 Å². The molecule has 1 aliphatic rings. The highest BCUT2D eigenvalue weighted by Gasteiger charge is 2.24. The molecule has 1 rings (SSSR count). The van der Waals surface area contributed by atoms with Gasteiger partial charge < -0.3 is 0 Å². The average Bonchev–Trinajstić information content (AvgIpc) is 1.88. The molecule has 0 amide bonds. The molecule has 0 aromatic carbocycles. The fourth-order valence-electron chi connectivity index (χ4n) is 1.14. The Bertz CT molecular complexity index is 102. The van der Waals surface area contributed by atoms with Crippen LogP contribution in [0.2, 0.25) is 0 Å². The molecule has 10 heavy (non-hydrogen) atoms. The van der Waals surface area contributed by atoms with Crippen LogP contribution >= 0.6 is 12.8 Å². The second kappa shape index (κ2) is 3.53. The predicted octanol–water partition coefficient (Wildman–Crippen LogP) is 1.81. The maximum Gasteiger partial charge on any atom is 0.241 e. The van der Waals surface area contributed by atoms with Gasteiger partial charge in [0, 0.05) is 19.0 Å². The van der Waals surface area contributed by atoms with Gasteiger partial charge >= 0.3 is 0 Å². The number of rotatable bonds is 1. The molecule has 0 aromatic rings. The van der Waals surface area contributed by atoms with Crippen molar-refractivity contribution >= 4 is 12.8 Å². The van der Waals surface area contributed by atoms with Gasteiger partial charge in [-0.3, -0.25) is 4.31 Å². The molecule has 1 aliphatic heterocycles. The summed E-state index contributed by atoms with van der Waals surface area (Å²) in [6.07, 6.45) is -0.968. The fourth-order valence-corrected chi connectivity index (χ4v) is 1.37. The van der Waals surface area contributed by atoms with Crippen LogP contribution in [0.5, 0.6) is 0 Å². The number of thiol groups is 1. The van der Waals surface area contributed by atoms with Gasteiger partial charge in [-0.05, 0) is 12.8 Å². The molecule has 1 fully saturated rings. The van der Waals surface area contributed by atoms with Gasteiger partial charge in [-0.15, -0.1) is 0 Å². The van der Waals surface area contributed by atoms with Gasteiger partial charge in [0.05, 0.1) is 0 Å². The highest BCUT2D eigenvalue weighted by molar-refractivity contribution is 7.77. The van der Waals surface area contributed by atoms with Crippen molar-refractivity contribution in [3.05, 3.63) is 0 Å². The molecule has 0 bridgehead atoms. The topological polar surface area (TPSA) is 3.24 Å². The van der Waals surface area contributed by atoms with Gasteiger partial charge in [0.1, 0.15) is 0 Å². The molecule has 1 nitrogen and oxygen atoms in total. The monoisotopic (exact) mass is 167 g/mol. The van der Waals surface area contributed by atoms with Crippen molar-refractivity contribution in [3.8, 4) is 0 Å². The largest absolute Gasteiger partial charge is 0.253 e. The first-order valence-electron chi connectivity index (χ1n) is 3.42. The molecular formula is C6H11F2NS. The third kappa shape index (κ3) is 2.09.